The SMILES string of the molecule is COc1c(CN2CC[C@H](NC(C)=O)C2)cc(O)c2c1C[C@H]1C[C@H]3[C@H](N(C)C)C(O)=C(C(N)=O)C(=O)[C@@]3(O)C(O)=C1C2=O. The van der Waals surface area contributed by atoms with Crippen molar-refractivity contribution in [2.45, 2.75) is 50.4 Å². The van der Waals surface area contributed by atoms with E-state index in [0.717, 1.165) is 6.42 Å². The number of aliphatic hydroxyl groups is 3. The molecule has 1 aromatic carbocycles. The number of phenolic OH excluding ortho intramolecular Hbond substituents is 1. The summed E-state index contributed by atoms with van der Waals surface area (Å²) in [5.74, 6) is -6.70. The number of hydrogen-bond acceptors (Lipinski definition) is 11. The van der Waals surface area contributed by atoms with Crippen LogP contribution < -0.4 is 15.8 Å². The van der Waals surface area contributed by atoms with Crippen molar-refractivity contribution in [3.8, 4) is 11.5 Å². The highest BCUT2D eigenvalue weighted by Gasteiger charge is 2.63. The van der Waals surface area contributed by atoms with Crippen molar-refractivity contribution in [3.05, 3.63) is 45.4 Å². The van der Waals surface area contributed by atoms with Crippen molar-refractivity contribution < 1.29 is 44.3 Å². The first kappa shape index (κ1) is 29.5. The number of amides is 2. The van der Waals surface area contributed by atoms with Crippen molar-refractivity contribution in [2.24, 2.45) is 17.6 Å². The number of methoxy groups -OCH3 is 1. The summed E-state index contributed by atoms with van der Waals surface area (Å²) in [5, 5.41) is 48.0. The predicted octanol–water partition coefficient (Wildman–Crippen LogP) is -0.160. The van der Waals surface area contributed by atoms with Crippen molar-refractivity contribution >= 4 is 23.4 Å². The van der Waals surface area contributed by atoms with Gasteiger partial charge in [-0.25, -0.2) is 0 Å². The number of aromatic hydroxyl groups is 1. The number of likely N-dealkylation sites (N-methyl/N-ethyl adjacent to an activating group) is 1. The highest BCUT2D eigenvalue weighted by molar-refractivity contribution is 6.24. The predicted molar refractivity (Wildman–Crippen MR) is 148 cm³/mol. The van der Waals surface area contributed by atoms with Crippen LogP contribution >= 0.6 is 0 Å². The standard InChI is InChI=1S/C29H36N4O9/c1-12(34)31-15-5-6-33(11-15)10-14-9-18(35)20-16(25(14)42-4)7-13-8-17-22(32(2)3)24(37)21(28(30)40)27(39)29(17,41)26(38)19(13)23(20)36/h9,13,15,17,22,35,37-38,41H,5-8,10-11H2,1-4H3,(H2,30,40)(H,31,34)/t13-,15-,17-,22-,29-/m0/s1. The largest absolute Gasteiger partial charge is 0.510 e. The smallest absolute Gasteiger partial charge is 0.255 e. The maximum Gasteiger partial charge on any atom is 0.255 e. The third-order valence-corrected chi connectivity index (χ3v) is 9.03. The van der Waals surface area contributed by atoms with Crippen LogP contribution in [-0.2, 0) is 27.3 Å². The number of carbonyl (C=O) groups excluding carboxylic acids is 4. The fraction of sp³-hybridized carbons (Fsp3) is 0.517. The van der Waals surface area contributed by atoms with Crippen molar-refractivity contribution in [3.63, 3.8) is 0 Å². The van der Waals surface area contributed by atoms with Gasteiger partial charge in [0.15, 0.2) is 11.4 Å². The third kappa shape index (κ3) is 4.34. The number of fused-ring (bicyclic) bond motifs is 3. The number of nitrogens with one attached hydrogen (secondary N) is 1. The number of carbonyl (C=O) groups is 4. The van der Waals surface area contributed by atoms with Gasteiger partial charge in [0.05, 0.1) is 18.7 Å². The fourth-order valence-electron chi connectivity index (χ4n) is 7.36. The highest BCUT2D eigenvalue weighted by atomic mass is 16.5. The zero-order valence-electron chi connectivity index (χ0n) is 23.9. The molecule has 13 nitrogen and oxygen atoms in total. The quantitative estimate of drug-likeness (QED) is 0.243. The lowest BCUT2D eigenvalue weighted by molar-refractivity contribution is -0.148. The van der Waals surface area contributed by atoms with E-state index in [1.54, 1.807) is 14.1 Å². The number of aliphatic hydroxyl groups excluding tert-OH is 2. The Morgan fingerprint density at radius 3 is 2.52 bits per heavy atom. The fourth-order valence-corrected chi connectivity index (χ4v) is 7.36. The molecule has 1 saturated heterocycles. The van der Waals surface area contributed by atoms with Gasteiger partial charge in [0, 0.05) is 55.2 Å². The van der Waals surface area contributed by atoms with Gasteiger partial charge in [0.25, 0.3) is 5.91 Å². The lowest BCUT2D eigenvalue weighted by Gasteiger charge is -2.50. The molecule has 5 atom stereocenters. The Kier molecular flexibility index (Phi) is 7.32. The van der Waals surface area contributed by atoms with E-state index in [9.17, 15) is 39.6 Å². The van der Waals surface area contributed by atoms with Crippen LogP contribution in [0.1, 0.15) is 41.3 Å². The summed E-state index contributed by atoms with van der Waals surface area (Å²) < 4.78 is 5.77. The Bertz CT molecular complexity index is 1470. The van der Waals surface area contributed by atoms with Gasteiger partial charge in [0.1, 0.15) is 28.6 Å². The van der Waals surface area contributed by atoms with Crippen molar-refractivity contribution in [1.82, 2.24) is 15.1 Å². The molecular weight excluding hydrogens is 548 g/mol. The first-order valence-electron chi connectivity index (χ1n) is 13.8. The number of phenols is 1. The van der Waals surface area contributed by atoms with E-state index >= 15 is 0 Å². The number of allylic oxidation sites excluding steroid dienone is 1. The average Bonchev–Trinajstić information content (AvgIpc) is 3.31. The molecule has 42 heavy (non-hydrogen) atoms. The van der Waals surface area contributed by atoms with E-state index in [0.29, 0.717) is 36.5 Å². The highest BCUT2D eigenvalue weighted by Crippen LogP contribution is 2.53. The number of nitrogens with zero attached hydrogens (tertiary/aromatic N) is 2. The van der Waals surface area contributed by atoms with Crippen LogP contribution in [0.2, 0.25) is 0 Å². The lowest BCUT2D eigenvalue weighted by atomic mass is 9.58. The van der Waals surface area contributed by atoms with E-state index in [2.05, 4.69) is 10.2 Å². The van der Waals surface area contributed by atoms with Crippen LogP contribution in [0.15, 0.2) is 28.7 Å². The second-order valence-corrected chi connectivity index (χ2v) is 11.8. The molecule has 0 unspecified atom stereocenters. The van der Waals surface area contributed by atoms with E-state index in [1.165, 1.54) is 25.0 Å². The topological polar surface area (TPSA) is 203 Å². The summed E-state index contributed by atoms with van der Waals surface area (Å²) >= 11 is 0. The average molecular weight is 585 g/mol. The van der Waals surface area contributed by atoms with Gasteiger partial charge in [-0.2, -0.15) is 0 Å². The number of rotatable bonds is 6. The first-order valence-corrected chi connectivity index (χ1v) is 13.8. The van der Waals surface area contributed by atoms with E-state index in [4.69, 9.17) is 10.5 Å². The molecule has 5 rings (SSSR count). The van der Waals surface area contributed by atoms with Crippen molar-refractivity contribution in [1.29, 1.82) is 0 Å². The maximum atomic E-state index is 13.9. The Hall–Kier alpha value is -3.94. The van der Waals surface area contributed by atoms with Gasteiger partial charge in [-0.15, -0.1) is 0 Å². The molecule has 0 spiro atoms. The van der Waals surface area contributed by atoms with Gasteiger partial charge in [-0.05, 0) is 45.3 Å². The van der Waals surface area contributed by atoms with Gasteiger partial charge >= 0.3 is 0 Å². The Balaban J connectivity index is 1.58. The minimum absolute atomic E-state index is 0.00125. The van der Waals surface area contributed by atoms with Crippen LogP contribution in [0, 0.1) is 11.8 Å². The van der Waals surface area contributed by atoms with Crippen LogP contribution in [0.5, 0.6) is 11.5 Å². The normalized spacial score (nSPS) is 29.4. The second kappa shape index (κ2) is 10.4. The molecule has 4 aliphatic rings. The number of ketones is 2. The molecule has 226 valence electrons. The monoisotopic (exact) mass is 584 g/mol. The molecule has 0 saturated carbocycles. The Labute approximate surface area is 242 Å². The number of nitrogens with two attached hydrogens (primary N) is 1. The van der Waals surface area contributed by atoms with Crippen molar-refractivity contribution in [2.75, 3.05) is 34.3 Å². The summed E-state index contributed by atoms with van der Waals surface area (Å²) in [6, 6.07) is 0.365. The number of likely N-dealkylation sites (tertiary alicyclic amines) is 1. The zero-order valence-corrected chi connectivity index (χ0v) is 23.9. The van der Waals surface area contributed by atoms with Crippen LogP contribution in [0.4, 0.5) is 0 Å². The van der Waals surface area contributed by atoms with Gasteiger partial charge in [-0.1, -0.05) is 0 Å². The summed E-state index contributed by atoms with van der Waals surface area (Å²) in [6.07, 6.45) is 0.889. The molecule has 0 bridgehead atoms. The molecule has 2 amide bonds. The third-order valence-electron chi connectivity index (χ3n) is 9.03. The van der Waals surface area contributed by atoms with Gasteiger partial charge < -0.3 is 36.2 Å². The molecule has 0 radical (unpaired) electrons. The second-order valence-electron chi connectivity index (χ2n) is 11.8. The van der Waals surface area contributed by atoms with E-state index in [1.807, 2.05) is 0 Å². The summed E-state index contributed by atoms with van der Waals surface area (Å²) in [4.78, 5) is 54.5. The molecular formula is C29H36N4O9. The summed E-state index contributed by atoms with van der Waals surface area (Å²) in [6.45, 7) is 3.17. The number of hydrogen-bond donors (Lipinski definition) is 6. The molecule has 1 heterocycles. The lowest BCUT2D eigenvalue weighted by Crippen LogP contribution is -2.63. The molecule has 1 fully saturated rings. The summed E-state index contributed by atoms with van der Waals surface area (Å²) in [5.41, 5.74) is 2.58. The molecule has 7 N–H and O–H groups in total. The van der Waals surface area contributed by atoms with Crippen LogP contribution in [0.3, 0.4) is 0 Å². The number of Topliss-reactive ketones (excluding diaryl/α,β-unsaturated/α-hetero) is 2. The first-order chi connectivity index (χ1) is 19.7. The number of primary amides is 1. The maximum absolute atomic E-state index is 13.9. The van der Waals surface area contributed by atoms with E-state index in [-0.39, 0.29) is 41.7 Å². The van der Waals surface area contributed by atoms with E-state index < -0.39 is 58.0 Å². The minimum atomic E-state index is -2.69. The van der Waals surface area contributed by atoms with Gasteiger partial charge in [0.2, 0.25) is 11.7 Å². The Morgan fingerprint density at radius 2 is 1.93 bits per heavy atom. The van der Waals surface area contributed by atoms with Crippen LogP contribution in [-0.4, -0.2) is 106 Å². The summed E-state index contributed by atoms with van der Waals surface area (Å²) in [7, 11) is 4.62. The minimum Gasteiger partial charge on any atom is -0.510 e. The zero-order chi connectivity index (χ0) is 30.8. The van der Waals surface area contributed by atoms with Gasteiger partial charge in [-0.3, -0.25) is 29.0 Å². The molecule has 3 aliphatic carbocycles. The Morgan fingerprint density at radius 1 is 1.24 bits per heavy atom. The molecule has 1 aromatic rings. The molecule has 13 heteroatoms. The van der Waals surface area contributed by atoms with Crippen LogP contribution in [0.25, 0.3) is 0 Å². The molecule has 1 aliphatic heterocycles. The molecule has 0 aromatic heterocycles. The number of ether oxygens (including phenoxy) is 1. The number of benzene rings is 1.